The molecule has 0 amide bonds. The zero-order valence-corrected chi connectivity index (χ0v) is 12.7. The van der Waals surface area contributed by atoms with Crippen molar-refractivity contribution >= 4 is 29.1 Å². The average Bonchev–Trinajstić information content (AvgIpc) is 2.46. The molecule has 1 aliphatic rings. The van der Waals surface area contributed by atoms with Crippen LogP contribution in [0, 0.1) is 0 Å². The maximum atomic E-state index is 12.3. The summed E-state index contributed by atoms with van der Waals surface area (Å²) < 4.78 is 5.22. The first-order chi connectivity index (χ1) is 9.20. The van der Waals surface area contributed by atoms with Crippen molar-refractivity contribution in [3.05, 3.63) is 28.8 Å². The second kappa shape index (κ2) is 7.20. The Bertz CT molecular complexity index is 442. The molecule has 0 spiro atoms. The van der Waals surface area contributed by atoms with E-state index in [4.69, 9.17) is 16.3 Å². The summed E-state index contributed by atoms with van der Waals surface area (Å²) in [6, 6.07) is 5.19. The topological polar surface area (TPSA) is 26.3 Å². The molecule has 1 aliphatic carbocycles. The Morgan fingerprint density at radius 1 is 1.37 bits per heavy atom. The second-order valence-corrected chi connectivity index (χ2v) is 6.56. The molecule has 0 atom stereocenters. The maximum absolute atomic E-state index is 12.3. The first-order valence-corrected chi connectivity index (χ1v) is 8.11. The number of halogens is 1. The van der Waals surface area contributed by atoms with Crippen LogP contribution in [-0.4, -0.2) is 23.9 Å². The molecule has 0 aromatic heterocycles. The number of rotatable bonds is 5. The summed E-state index contributed by atoms with van der Waals surface area (Å²) in [7, 11) is 1.58. The summed E-state index contributed by atoms with van der Waals surface area (Å²) in [4.78, 5) is 12.3. The van der Waals surface area contributed by atoms with Crippen LogP contribution < -0.4 is 4.74 Å². The largest absolute Gasteiger partial charge is 0.496 e. The highest BCUT2D eigenvalue weighted by Crippen LogP contribution is 2.30. The lowest BCUT2D eigenvalue weighted by Crippen LogP contribution is -2.12. The Morgan fingerprint density at radius 3 is 2.79 bits per heavy atom. The van der Waals surface area contributed by atoms with Crippen molar-refractivity contribution in [1.29, 1.82) is 0 Å². The number of benzene rings is 1. The molecule has 0 heterocycles. The molecule has 0 saturated heterocycles. The molecule has 1 fully saturated rings. The van der Waals surface area contributed by atoms with Gasteiger partial charge in [0.1, 0.15) is 5.75 Å². The first-order valence-electron chi connectivity index (χ1n) is 6.69. The SMILES string of the molecule is COc1ccc(Cl)cc1C(=O)CSC1CCCCC1. The minimum atomic E-state index is 0.106. The van der Waals surface area contributed by atoms with Crippen molar-refractivity contribution in [2.24, 2.45) is 0 Å². The van der Waals surface area contributed by atoms with E-state index in [1.54, 1.807) is 37.1 Å². The van der Waals surface area contributed by atoms with Gasteiger partial charge in [0.15, 0.2) is 5.78 Å². The van der Waals surface area contributed by atoms with Crippen LogP contribution in [0.4, 0.5) is 0 Å². The molecular formula is C15H19ClO2S. The Labute approximate surface area is 123 Å². The lowest BCUT2D eigenvalue weighted by atomic mass is 10.0. The van der Waals surface area contributed by atoms with Gasteiger partial charge < -0.3 is 4.74 Å². The minimum absolute atomic E-state index is 0.106. The van der Waals surface area contributed by atoms with Gasteiger partial charge in [-0.25, -0.2) is 0 Å². The summed E-state index contributed by atoms with van der Waals surface area (Å²) in [6.07, 6.45) is 6.42. The number of methoxy groups -OCH3 is 1. The molecule has 2 rings (SSSR count). The number of hydrogen-bond donors (Lipinski definition) is 0. The normalized spacial score (nSPS) is 16.3. The van der Waals surface area contributed by atoms with E-state index in [0.717, 1.165) is 0 Å². The number of Topliss-reactive ketones (excluding diaryl/α,β-unsaturated/α-hetero) is 1. The number of hydrogen-bond acceptors (Lipinski definition) is 3. The van der Waals surface area contributed by atoms with Gasteiger partial charge in [0, 0.05) is 10.3 Å². The summed E-state index contributed by atoms with van der Waals surface area (Å²) >= 11 is 7.73. The molecular weight excluding hydrogens is 280 g/mol. The van der Waals surface area contributed by atoms with Crippen molar-refractivity contribution in [2.45, 2.75) is 37.4 Å². The molecule has 0 aliphatic heterocycles. The predicted octanol–water partition coefficient (Wildman–Crippen LogP) is 4.60. The van der Waals surface area contributed by atoms with E-state index in [0.29, 0.717) is 27.3 Å². The van der Waals surface area contributed by atoms with Gasteiger partial charge in [-0.3, -0.25) is 4.79 Å². The Balaban J connectivity index is 1.97. The van der Waals surface area contributed by atoms with Gasteiger partial charge in [-0.1, -0.05) is 30.9 Å². The fourth-order valence-electron chi connectivity index (χ4n) is 2.40. The molecule has 0 radical (unpaired) electrons. The van der Waals surface area contributed by atoms with Gasteiger partial charge in [-0.05, 0) is 31.0 Å². The number of carbonyl (C=O) groups is 1. The van der Waals surface area contributed by atoms with Gasteiger partial charge >= 0.3 is 0 Å². The lowest BCUT2D eigenvalue weighted by Gasteiger charge is -2.20. The molecule has 4 heteroatoms. The number of thioether (sulfide) groups is 1. The summed E-state index contributed by atoms with van der Waals surface area (Å²) in [5.41, 5.74) is 0.596. The standard InChI is InChI=1S/C15H19ClO2S/c1-18-15-8-7-11(16)9-13(15)14(17)10-19-12-5-3-2-4-6-12/h7-9,12H,2-6,10H2,1H3. The lowest BCUT2D eigenvalue weighted by molar-refractivity contribution is 0.101. The van der Waals surface area contributed by atoms with E-state index in [-0.39, 0.29) is 5.78 Å². The van der Waals surface area contributed by atoms with Gasteiger partial charge in [0.2, 0.25) is 0 Å². The van der Waals surface area contributed by atoms with Gasteiger partial charge in [0.05, 0.1) is 18.4 Å². The molecule has 104 valence electrons. The van der Waals surface area contributed by atoms with Crippen LogP contribution in [0.5, 0.6) is 5.75 Å². The third-order valence-corrected chi connectivity index (χ3v) is 5.07. The molecule has 2 nitrogen and oxygen atoms in total. The fourth-order valence-corrected chi connectivity index (χ4v) is 3.78. The molecule has 0 unspecified atom stereocenters. The van der Waals surface area contributed by atoms with Crippen LogP contribution in [0.15, 0.2) is 18.2 Å². The molecule has 19 heavy (non-hydrogen) atoms. The van der Waals surface area contributed by atoms with Crippen LogP contribution in [0.3, 0.4) is 0 Å². The summed E-state index contributed by atoms with van der Waals surface area (Å²) in [6.45, 7) is 0. The Morgan fingerprint density at radius 2 is 2.11 bits per heavy atom. The third kappa shape index (κ3) is 4.15. The highest BCUT2D eigenvalue weighted by Gasteiger charge is 2.18. The van der Waals surface area contributed by atoms with Crippen LogP contribution in [-0.2, 0) is 0 Å². The monoisotopic (exact) mass is 298 g/mol. The molecule has 0 bridgehead atoms. The zero-order valence-electron chi connectivity index (χ0n) is 11.2. The van der Waals surface area contributed by atoms with Crippen LogP contribution in [0.25, 0.3) is 0 Å². The molecule has 1 aromatic carbocycles. The van der Waals surface area contributed by atoms with Crippen LogP contribution in [0.1, 0.15) is 42.5 Å². The van der Waals surface area contributed by atoms with Crippen LogP contribution in [0.2, 0.25) is 5.02 Å². The molecule has 1 aromatic rings. The highest BCUT2D eigenvalue weighted by atomic mass is 35.5. The maximum Gasteiger partial charge on any atom is 0.176 e. The predicted molar refractivity (Wildman–Crippen MR) is 81.7 cm³/mol. The van der Waals surface area contributed by atoms with Crippen molar-refractivity contribution in [3.8, 4) is 5.75 Å². The van der Waals surface area contributed by atoms with E-state index in [9.17, 15) is 4.79 Å². The molecule has 1 saturated carbocycles. The summed E-state index contributed by atoms with van der Waals surface area (Å²) in [5.74, 6) is 1.23. The van der Waals surface area contributed by atoms with Crippen molar-refractivity contribution < 1.29 is 9.53 Å². The van der Waals surface area contributed by atoms with Crippen LogP contribution >= 0.6 is 23.4 Å². The minimum Gasteiger partial charge on any atom is -0.496 e. The van der Waals surface area contributed by atoms with Gasteiger partial charge in [0.25, 0.3) is 0 Å². The quantitative estimate of drug-likeness (QED) is 0.743. The highest BCUT2D eigenvalue weighted by molar-refractivity contribution is 8.00. The first kappa shape index (κ1) is 14.7. The number of carbonyl (C=O) groups excluding carboxylic acids is 1. The molecule has 0 N–H and O–H groups in total. The van der Waals surface area contributed by atoms with Crippen molar-refractivity contribution in [3.63, 3.8) is 0 Å². The smallest absolute Gasteiger partial charge is 0.176 e. The van der Waals surface area contributed by atoms with E-state index < -0.39 is 0 Å². The fraction of sp³-hybridized carbons (Fsp3) is 0.533. The Hall–Kier alpha value is -0.670. The van der Waals surface area contributed by atoms with E-state index in [1.807, 2.05) is 0 Å². The van der Waals surface area contributed by atoms with Gasteiger partial charge in [-0.15, -0.1) is 0 Å². The number of ether oxygens (including phenoxy) is 1. The average molecular weight is 299 g/mol. The van der Waals surface area contributed by atoms with Crippen molar-refractivity contribution in [2.75, 3.05) is 12.9 Å². The third-order valence-electron chi connectivity index (χ3n) is 3.46. The Kier molecular flexibility index (Phi) is 5.59. The second-order valence-electron chi connectivity index (χ2n) is 4.84. The zero-order chi connectivity index (χ0) is 13.7. The van der Waals surface area contributed by atoms with E-state index >= 15 is 0 Å². The van der Waals surface area contributed by atoms with E-state index in [1.165, 1.54) is 32.1 Å². The van der Waals surface area contributed by atoms with Crippen molar-refractivity contribution in [1.82, 2.24) is 0 Å². The van der Waals surface area contributed by atoms with Gasteiger partial charge in [-0.2, -0.15) is 11.8 Å². The number of ketones is 1. The summed E-state index contributed by atoms with van der Waals surface area (Å²) in [5, 5.41) is 1.22. The van der Waals surface area contributed by atoms with E-state index in [2.05, 4.69) is 0 Å².